The summed E-state index contributed by atoms with van der Waals surface area (Å²) in [5.74, 6) is 0.893. The standard InChI is InChI=1S/C22H25N3O3S2/c1-3-12-23-18(26)13-29-22-24-20-19(16-6-4-5-7-17(16)30-20)21(27)25(22)14-8-10-15(28-2)11-9-14/h8-11H,3-7,12-13H2,1-2H3,(H,23,26). The summed E-state index contributed by atoms with van der Waals surface area (Å²) >= 11 is 2.93. The number of hydrogen-bond acceptors (Lipinski definition) is 6. The molecule has 0 saturated heterocycles. The van der Waals surface area contributed by atoms with Crippen LogP contribution in [-0.2, 0) is 17.6 Å². The van der Waals surface area contributed by atoms with Crippen LogP contribution in [0.25, 0.3) is 15.9 Å². The van der Waals surface area contributed by atoms with Gasteiger partial charge in [-0.15, -0.1) is 11.3 Å². The molecule has 6 nitrogen and oxygen atoms in total. The summed E-state index contributed by atoms with van der Waals surface area (Å²) in [4.78, 5) is 32.7. The molecule has 0 saturated carbocycles. The van der Waals surface area contributed by atoms with E-state index in [1.165, 1.54) is 22.2 Å². The van der Waals surface area contributed by atoms with Crippen LogP contribution in [-0.4, -0.2) is 34.9 Å². The van der Waals surface area contributed by atoms with E-state index in [-0.39, 0.29) is 17.2 Å². The van der Waals surface area contributed by atoms with E-state index in [2.05, 4.69) is 5.32 Å². The highest BCUT2D eigenvalue weighted by atomic mass is 32.2. The first kappa shape index (κ1) is 20.9. The zero-order valence-electron chi connectivity index (χ0n) is 17.2. The minimum Gasteiger partial charge on any atom is -0.497 e. The lowest BCUT2D eigenvalue weighted by Crippen LogP contribution is -2.27. The molecular weight excluding hydrogens is 418 g/mol. The molecule has 4 rings (SSSR count). The number of aromatic nitrogens is 2. The molecule has 0 fully saturated rings. The highest BCUT2D eigenvalue weighted by Crippen LogP contribution is 2.35. The molecular formula is C22H25N3O3S2. The molecule has 1 aromatic carbocycles. The molecule has 1 aliphatic rings. The van der Waals surface area contributed by atoms with Crippen molar-refractivity contribution in [2.24, 2.45) is 0 Å². The van der Waals surface area contributed by atoms with Crippen LogP contribution in [0.4, 0.5) is 0 Å². The Labute approximate surface area is 183 Å². The van der Waals surface area contributed by atoms with E-state index in [0.29, 0.717) is 11.7 Å². The van der Waals surface area contributed by atoms with Crippen molar-refractivity contribution in [3.05, 3.63) is 45.1 Å². The highest BCUT2D eigenvalue weighted by Gasteiger charge is 2.23. The van der Waals surface area contributed by atoms with Gasteiger partial charge in [0.15, 0.2) is 5.16 Å². The number of nitrogens with zero attached hydrogens (tertiary/aromatic N) is 2. The Balaban J connectivity index is 1.81. The van der Waals surface area contributed by atoms with Gasteiger partial charge in [-0.05, 0) is 61.9 Å². The maximum absolute atomic E-state index is 13.6. The number of amides is 1. The van der Waals surface area contributed by atoms with Gasteiger partial charge in [-0.3, -0.25) is 14.2 Å². The first-order chi connectivity index (χ1) is 14.6. The van der Waals surface area contributed by atoms with Crippen LogP contribution in [0.1, 0.15) is 36.6 Å². The van der Waals surface area contributed by atoms with Gasteiger partial charge in [0.05, 0.1) is 23.9 Å². The van der Waals surface area contributed by atoms with Crippen LogP contribution in [0, 0.1) is 0 Å². The zero-order valence-corrected chi connectivity index (χ0v) is 18.8. The fourth-order valence-corrected chi connectivity index (χ4v) is 5.83. The van der Waals surface area contributed by atoms with Crippen LogP contribution in [0.5, 0.6) is 5.75 Å². The predicted octanol–water partition coefficient (Wildman–Crippen LogP) is 3.95. The lowest BCUT2D eigenvalue weighted by Gasteiger charge is -2.14. The molecule has 0 atom stereocenters. The lowest BCUT2D eigenvalue weighted by atomic mass is 9.97. The highest BCUT2D eigenvalue weighted by molar-refractivity contribution is 7.99. The number of thioether (sulfide) groups is 1. The van der Waals surface area contributed by atoms with E-state index < -0.39 is 0 Å². The predicted molar refractivity (Wildman–Crippen MR) is 122 cm³/mol. The van der Waals surface area contributed by atoms with Gasteiger partial charge in [0.2, 0.25) is 5.91 Å². The summed E-state index contributed by atoms with van der Waals surface area (Å²) in [6.45, 7) is 2.66. The topological polar surface area (TPSA) is 73.2 Å². The molecule has 3 aromatic rings. The third kappa shape index (κ3) is 4.11. The minimum absolute atomic E-state index is 0.0528. The zero-order chi connectivity index (χ0) is 21.1. The van der Waals surface area contributed by atoms with Gasteiger partial charge in [-0.2, -0.15) is 0 Å². The van der Waals surface area contributed by atoms with Gasteiger partial charge in [0, 0.05) is 11.4 Å². The third-order valence-corrected chi connectivity index (χ3v) is 7.32. The number of fused-ring (bicyclic) bond motifs is 3. The Kier molecular flexibility index (Phi) is 6.43. The average molecular weight is 444 g/mol. The molecule has 1 amide bonds. The number of ether oxygens (including phenoxy) is 1. The van der Waals surface area contributed by atoms with Crippen LogP contribution in [0.15, 0.2) is 34.2 Å². The van der Waals surface area contributed by atoms with Crippen LogP contribution in [0.2, 0.25) is 0 Å². The maximum Gasteiger partial charge on any atom is 0.267 e. The van der Waals surface area contributed by atoms with Crippen molar-refractivity contribution in [1.29, 1.82) is 0 Å². The Hall–Kier alpha value is -2.32. The van der Waals surface area contributed by atoms with E-state index in [1.807, 2.05) is 31.2 Å². The maximum atomic E-state index is 13.6. The molecule has 1 aliphatic carbocycles. The minimum atomic E-state index is -0.0546. The SMILES string of the molecule is CCCNC(=O)CSc1nc2sc3c(c2c(=O)n1-c1ccc(OC)cc1)CCCC3. The molecule has 0 radical (unpaired) electrons. The third-order valence-electron chi connectivity index (χ3n) is 5.19. The Morgan fingerprint density at radius 3 is 2.77 bits per heavy atom. The molecule has 8 heteroatoms. The Morgan fingerprint density at radius 2 is 2.03 bits per heavy atom. The number of methoxy groups -OCH3 is 1. The van der Waals surface area contributed by atoms with Gasteiger partial charge >= 0.3 is 0 Å². The van der Waals surface area contributed by atoms with Crippen molar-refractivity contribution >= 4 is 39.2 Å². The van der Waals surface area contributed by atoms with Crippen molar-refractivity contribution in [2.75, 3.05) is 19.4 Å². The molecule has 1 N–H and O–H groups in total. The number of thiophene rings is 1. The average Bonchev–Trinajstić information content (AvgIpc) is 3.15. The molecule has 0 aliphatic heterocycles. The van der Waals surface area contributed by atoms with Gasteiger partial charge in [-0.25, -0.2) is 4.98 Å². The fraction of sp³-hybridized carbons (Fsp3) is 0.409. The first-order valence-electron chi connectivity index (χ1n) is 10.2. The van der Waals surface area contributed by atoms with Crippen LogP contribution in [0.3, 0.4) is 0 Å². The molecule has 2 aromatic heterocycles. The van der Waals surface area contributed by atoms with Gasteiger partial charge in [0.1, 0.15) is 10.6 Å². The smallest absolute Gasteiger partial charge is 0.267 e. The van der Waals surface area contributed by atoms with Crippen LogP contribution >= 0.6 is 23.1 Å². The van der Waals surface area contributed by atoms with E-state index in [0.717, 1.165) is 53.8 Å². The molecule has 2 heterocycles. The molecule has 0 bridgehead atoms. The normalized spacial score (nSPS) is 13.3. The number of hydrogen-bond donors (Lipinski definition) is 1. The molecule has 30 heavy (non-hydrogen) atoms. The van der Waals surface area contributed by atoms with Gasteiger partial charge < -0.3 is 10.1 Å². The Morgan fingerprint density at radius 1 is 1.27 bits per heavy atom. The fourth-order valence-electron chi connectivity index (χ4n) is 3.69. The van der Waals surface area contributed by atoms with Gasteiger partial charge in [0.25, 0.3) is 5.56 Å². The summed E-state index contributed by atoms with van der Waals surface area (Å²) in [6.07, 6.45) is 5.10. The van der Waals surface area contributed by atoms with E-state index >= 15 is 0 Å². The Bertz CT molecular complexity index is 1120. The number of aryl methyl sites for hydroxylation is 2. The van der Waals surface area contributed by atoms with E-state index in [1.54, 1.807) is 23.0 Å². The number of rotatable bonds is 7. The van der Waals surface area contributed by atoms with E-state index in [9.17, 15) is 9.59 Å². The molecule has 0 spiro atoms. The summed E-state index contributed by atoms with van der Waals surface area (Å²) < 4.78 is 6.89. The number of nitrogens with one attached hydrogen (secondary N) is 1. The second-order valence-corrected chi connectivity index (χ2v) is 9.29. The second kappa shape index (κ2) is 9.22. The number of carbonyl (C=O) groups is 1. The van der Waals surface area contributed by atoms with E-state index in [4.69, 9.17) is 9.72 Å². The summed E-state index contributed by atoms with van der Waals surface area (Å²) in [5, 5.41) is 4.16. The molecule has 0 unspecified atom stereocenters. The summed E-state index contributed by atoms with van der Waals surface area (Å²) in [7, 11) is 1.61. The lowest BCUT2D eigenvalue weighted by molar-refractivity contribution is -0.118. The number of carbonyl (C=O) groups excluding carboxylic acids is 1. The summed E-state index contributed by atoms with van der Waals surface area (Å²) in [5.41, 5.74) is 1.83. The van der Waals surface area contributed by atoms with Gasteiger partial charge in [-0.1, -0.05) is 18.7 Å². The van der Waals surface area contributed by atoms with Crippen molar-refractivity contribution < 1.29 is 9.53 Å². The summed E-state index contributed by atoms with van der Waals surface area (Å²) in [6, 6.07) is 7.37. The second-order valence-electron chi connectivity index (χ2n) is 7.26. The van der Waals surface area contributed by atoms with Crippen molar-refractivity contribution in [3.8, 4) is 11.4 Å². The van der Waals surface area contributed by atoms with Crippen LogP contribution < -0.4 is 15.6 Å². The largest absolute Gasteiger partial charge is 0.497 e. The monoisotopic (exact) mass is 443 g/mol. The van der Waals surface area contributed by atoms with Crippen molar-refractivity contribution in [3.63, 3.8) is 0 Å². The quantitative estimate of drug-likeness (QED) is 0.442. The van der Waals surface area contributed by atoms with Crippen molar-refractivity contribution in [1.82, 2.24) is 14.9 Å². The first-order valence-corrected chi connectivity index (χ1v) is 12.0. The number of benzene rings is 1. The molecule has 158 valence electrons. The van der Waals surface area contributed by atoms with Crippen molar-refractivity contribution in [2.45, 2.75) is 44.2 Å².